The van der Waals surface area contributed by atoms with Crippen molar-refractivity contribution in [3.63, 3.8) is 0 Å². The van der Waals surface area contributed by atoms with Gasteiger partial charge in [-0.1, -0.05) is 51.1 Å². The number of nitrogens with one attached hydrogen (secondary N) is 1. The largest absolute Gasteiger partial charge is 0.352 e. The fourth-order valence-electron chi connectivity index (χ4n) is 9.38. The predicted molar refractivity (Wildman–Crippen MR) is 140 cm³/mol. The molecule has 0 spiro atoms. The molecule has 9 atom stereocenters. The Kier molecular flexibility index (Phi) is 6.89. The molecule has 1 aromatic carbocycles. The van der Waals surface area contributed by atoms with Gasteiger partial charge < -0.3 is 11.1 Å². The maximum Gasteiger partial charge on any atom is 0.220 e. The fraction of sp³-hybridized carbons (Fsp3) is 0.742. The number of nitrogens with two attached hydrogens (primary N) is 1. The van der Waals surface area contributed by atoms with Crippen LogP contribution in [-0.4, -0.2) is 17.7 Å². The van der Waals surface area contributed by atoms with Gasteiger partial charge in [0.1, 0.15) is 5.78 Å². The van der Waals surface area contributed by atoms with Crippen molar-refractivity contribution in [2.45, 2.75) is 97.6 Å². The zero-order valence-electron chi connectivity index (χ0n) is 22.1. The van der Waals surface area contributed by atoms with E-state index in [4.69, 9.17) is 5.73 Å². The molecule has 4 aliphatic rings. The molecule has 0 saturated heterocycles. The van der Waals surface area contributed by atoms with Gasteiger partial charge in [-0.25, -0.2) is 0 Å². The van der Waals surface area contributed by atoms with Gasteiger partial charge in [0.2, 0.25) is 5.91 Å². The molecule has 0 unspecified atom stereocenters. The first-order chi connectivity index (χ1) is 16.7. The average molecular weight is 479 g/mol. The first-order valence-electron chi connectivity index (χ1n) is 14.3. The van der Waals surface area contributed by atoms with E-state index < -0.39 is 0 Å². The van der Waals surface area contributed by atoms with Crippen molar-refractivity contribution in [1.29, 1.82) is 0 Å². The van der Waals surface area contributed by atoms with Crippen LogP contribution in [0.15, 0.2) is 30.3 Å². The molecule has 0 aromatic heterocycles. The molecule has 5 rings (SSSR count). The molecule has 4 aliphatic carbocycles. The smallest absolute Gasteiger partial charge is 0.220 e. The Morgan fingerprint density at radius 1 is 1.09 bits per heavy atom. The zero-order chi connectivity index (χ0) is 24.8. The number of benzene rings is 1. The minimum Gasteiger partial charge on any atom is -0.352 e. The lowest BCUT2D eigenvalue weighted by Gasteiger charge is -2.60. The van der Waals surface area contributed by atoms with Gasteiger partial charge in [-0.2, -0.15) is 0 Å². The molecule has 4 heteroatoms. The van der Waals surface area contributed by atoms with Gasteiger partial charge in [0, 0.05) is 30.8 Å². The molecule has 4 nitrogen and oxygen atoms in total. The van der Waals surface area contributed by atoms with Gasteiger partial charge in [-0.15, -0.1) is 0 Å². The van der Waals surface area contributed by atoms with Crippen molar-refractivity contribution >= 4 is 11.7 Å². The van der Waals surface area contributed by atoms with Crippen LogP contribution >= 0.6 is 0 Å². The van der Waals surface area contributed by atoms with Crippen LogP contribution in [0.4, 0.5) is 0 Å². The van der Waals surface area contributed by atoms with Crippen LogP contribution < -0.4 is 11.1 Å². The molecule has 0 radical (unpaired) electrons. The molecule has 3 N–H and O–H groups in total. The highest BCUT2D eigenvalue weighted by Crippen LogP contribution is 2.67. The predicted octanol–water partition coefficient (Wildman–Crippen LogP) is 5.88. The summed E-state index contributed by atoms with van der Waals surface area (Å²) < 4.78 is 0. The molecule has 0 heterocycles. The molecule has 0 aliphatic heterocycles. The third kappa shape index (κ3) is 4.38. The quantitative estimate of drug-likeness (QED) is 0.536. The summed E-state index contributed by atoms with van der Waals surface area (Å²) in [5.74, 6) is 3.94. The number of hydrogen-bond acceptors (Lipinski definition) is 3. The number of carbonyl (C=O) groups is 2. The van der Waals surface area contributed by atoms with E-state index in [-0.39, 0.29) is 11.3 Å². The summed E-state index contributed by atoms with van der Waals surface area (Å²) in [4.78, 5) is 26.5. The van der Waals surface area contributed by atoms with Crippen molar-refractivity contribution in [3.05, 3.63) is 35.9 Å². The van der Waals surface area contributed by atoms with Gasteiger partial charge in [-0.3, -0.25) is 9.59 Å². The molecule has 1 amide bonds. The molecule has 35 heavy (non-hydrogen) atoms. The minimum absolute atomic E-state index is 0.122. The van der Waals surface area contributed by atoms with Gasteiger partial charge in [0.25, 0.3) is 0 Å². The second-order valence-electron chi connectivity index (χ2n) is 13.1. The normalized spacial score (nSPS) is 41.4. The maximum atomic E-state index is 13.9. The Bertz CT molecular complexity index is 931. The van der Waals surface area contributed by atoms with Gasteiger partial charge >= 0.3 is 0 Å². The number of ketones is 1. The van der Waals surface area contributed by atoms with Gasteiger partial charge in [-0.05, 0) is 97.9 Å². The molecule has 1 aromatic rings. The summed E-state index contributed by atoms with van der Waals surface area (Å²) in [5.41, 5.74) is 7.59. The Hall–Kier alpha value is -1.68. The summed E-state index contributed by atoms with van der Waals surface area (Å²) in [7, 11) is 0. The Balaban J connectivity index is 1.22. The number of Topliss-reactive ketones (excluding diaryl/α,β-unsaturated/α-hetero) is 1. The van der Waals surface area contributed by atoms with Gasteiger partial charge in [0.05, 0.1) is 0 Å². The number of amides is 1. The highest BCUT2D eigenvalue weighted by Gasteiger charge is 2.63. The number of hydrogen-bond donors (Lipinski definition) is 2. The molecule has 192 valence electrons. The topological polar surface area (TPSA) is 72.2 Å². The highest BCUT2D eigenvalue weighted by atomic mass is 16.1. The van der Waals surface area contributed by atoms with E-state index >= 15 is 0 Å². The molecule has 4 fully saturated rings. The second kappa shape index (κ2) is 9.65. The summed E-state index contributed by atoms with van der Waals surface area (Å²) in [6, 6.07) is 10.4. The zero-order valence-corrected chi connectivity index (χ0v) is 22.1. The summed E-state index contributed by atoms with van der Waals surface area (Å²) in [6.45, 7) is 7.69. The summed E-state index contributed by atoms with van der Waals surface area (Å²) in [5, 5.41) is 3.08. The lowest BCUT2D eigenvalue weighted by molar-refractivity contribution is -0.157. The van der Waals surface area contributed by atoms with Crippen LogP contribution in [-0.2, 0) is 16.1 Å². The summed E-state index contributed by atoms with van der Waals surface area (Å²) in [6.07, 6.45) is 10.6. The number of fused-ring (bicyclic) bond motifs is 5. The van der Waals surface area contributed by atoms with Crippen LogP contribution in [0.1, 0.15) is 90.5 Å². The fourth-order valence-corrected chi connectivity index (χ4v) is 9.38. The van der Waals surface area contributed by atoms with E-state index in [1.165, 1.54) is 25.7 Å². The SMILES string of the molecule is C[C@H](CCC(=O)NCc1ccccc1)[C@H]1CC[C@H]2[C@@H]3CC[C@@H]4C[C@@H](N)CC[C@]4(C)[C@H]3CC(=O)[C@]12C. The Morgan fingerprint density at radius 3 is 2.63 bits per heavy atom. The van der Waals surface area contributed by atoms with E-state index in [9.17, 15) is 9.59 Å². The van der Waals surface area contributed by atoms with Crippen molar-refractivity contribution in [1.82, 2.24) is 5.32 Å². The minimum atomic E-state index is -0.199. The van der Waals surface area contributed by atoms with Crippen molar-refractivity contribution < 1.29 is 9.59 Å². The number of rotatable bonds is 6. The number of carbonyl (C=O) groups excluding carboxylic acids is 2. The van der Waals surface area contributed by atoms with Gasteiger partial charge in [0.15, 0.2) is 0 Å². The van der Waals surface area contributed by atoms with Crippen molar-refractivity contribution in [2.75, 3.05) is 0 Å². The maximum absolute atomic E-state index is 13.9. The van der Waals surface area contributed by atoms with Crippen LogP contribution in [0.25, 0.3) is 0 Å². The van der Waals surface area contributed by atoms with Crippen LogP contribution in [0, 0.1) is 46.3 Å². The van der Waals surface area contributed by atoms with E-state index in [0.29, 0.717) is 65.7 Å². The van der Waals surface area contributed by atoms with Crippen molar-refractivity contribution in [2.24, 2.45) is 52.1 Å². The summed E-state index contributed by atoms with van der Waals surface area (Å²) >= 11 is 0. The van der Waals surface area contributed by atoms with Crippen LogP contribution in [0.2, 0.25) is 0 Å². The lowest BCUT2D eigenvalue weighted by Crippen LogP contribution is -2.57. The van der Waals surface area contributed by atoms with E-state index in [2.05, 4.69) is 26.1 Å². The molecule has 4 saturated carbocycles. The first-order valence-corrected chi connectivity index (χ1v) is 14.3. The Morgan fingerprint density at radius 2 is 1.86 bits per heavy atom. The first kappa shape index (κ1) is 25.0. The molecule has 0 bridgehead atoms. The lowest BCUT2D eigenvalue weighted by atomic mass is 9.44. The average Bonchev–Trinajstić information content (AvgIpc) is 3.22. The monoisotopic (exact) mass is 478 g/mol. The molecular formula is C31H46N2O2. The molecular weight excluding hydrogens is 432 g/mol. The van der Waals surface area contributed by atoms with E-state index in [1.54, 1.807) is 0 Å². The second-order valence-corrected chi connectivity index (χ2v) is 13.1. The van der Waals surface area contributed by atoms with E-state index in [0.717, 1.165) is 37.7 Å². The third-order valence-electron chi connectivity index (χ3n) is 11.5. The third-order valence-corrected chi connectivity index (χ3v) is 11.5. The standard InChI is InChI=1S/C31H46N2O2/c1-20(9-14-29(35)33-19-21-7-5-4-6-8-21)25-12-13-26-24-11-10-22-17-23(32)15-16-30(22,2)27(24)18-28(34)31(25,26)3/h4-8,20,22-27H,9-19,32H2,1-3H3,(H,33,35)/t20-,22-,23+,24+,25-,26+,27+,30+,31-/m1/s1. The Labute approximate surface area is 212 Å². The van der Waals surface area contributed by atoms with Crippen molar-refractivity contribution in [3.8, 4) is 0 Å². The highest BCUT2D eigenvalue weighted by molar-refractivity contribution is 5.87. The van der Waals surface area contributed by atoms with Crippen LogP contribution in [0.3, 0.4) is 0 Å². The van der Waals surface area contributed by atoms with Crippen LogP contribution in [0.5, 0.6) is 0 Å². The van der Waals surface area contributed by atoms with E-state index in [1.807, 2.05) is 30.3 Å².